The highest BCUT2D eigenvalue weighted by molar-refractivity contribution is 5.77. The Morgan fingerprint density at radius 2 is 1.86 bits per heavy atom. The molecule has 0 aromatic rings. The van der Waals surface area contributed by atoms with E-state index >= 15 is 0 Å². The molecular weight excluding hydrogens is 372 g/mol. The van der Waals surface area contributed by atoms with Crippen LogP contribution >= 0.6 is 0 Å². The summed E-state index contributed by atoms with van der Waals surface area (Å²) in [6, 6.07) is 0. The molecule has 2 N–H and O–H groups in total. The van der Waals surface area contributed by atoms with Crippen molar-refractivity contribution in [1.82, 2.24) is 0 Å². The SMILES string of the molecule is C=C[C@@]1(C)CCC2=C([C@H](O)CC3[C@](C)(C(=O)OC)CC[C@H](OC(C)=O)[C@]23C)[C@H]1O. The van der Waals surface area contributed by atoms with Crippen molar-refractivity contribution in [2.75, 3.05) is 7.11 Å². The number of fused-ring (bicyclic) bond motifs is 2. The summed E-state index contributed by atoms with van der Waals surface area (Å²) in [7, 11) is 1.38. The number of rotatable bonds is 3. The topological polar surface area (TPSA) is 93.1 Å². The van der Waals surface area contributed by atoms with Crippen LogP contribution in [-0.2, 0) is 19.1 Å². The molecular formula is C23H34O6. The molecule has 3 rings (SSSR count). The maximum absolute atomic E-state index is 12.8. The number of hydrogen-bond acceptors (Lipinski definition) is 6. The Balaban J connectivity index is 2.20. The Labute approximate surface area is 173 Å². The molecule has 7 atom stereocenters. The predicted octanol–water partition coefficient (Wildman–Crippen LogP) is 2.92. The zero-order chi connectivity index (χ0) is 21.8. The van der Waals surface area contributed by atoms with Crippen molar-refractivity contribution >= 4 is 11.9 Å². The lowest BCUT2D eigenvalue weighted by Crippen LogP contribution is -2.61. The smallest absolute Gasteiger partial charge is 0.311 e. The monoisotopic (exact) mass is 406 g/mol. The summed E-state index contributed by atoms with van der Waals surface area (Å²) in [5.74, 6) is -0.940. The molecule has 0 saturated heterocycles. The van der Waals surface area contributed by atoms with E-state index in [0.29, 0.717) is 37.7 Å². The van der Waals surface area contributed by atoms with Gasteiger partial charge in [-0.05, 0) is 50.5 Å². The third-order valence-corrected chi connectivity index (χ3v) is 8.16. The van der Waals surface area contributed by atoms with Gasteiger partial charge in [0.15, 0.2) is 0 Å². The highest BCUT2D eigenvalue weighted by Crippen LogP contribution is 2.64. The van der Waals surface area contributed by atoms with Gasteiger partial charge in [-0.3, -0.25) is 9.59 Å². The maximum Gasteiger partial charge on any atom is 0.311 e. The van der Waals surface area contributed by atoms with Crippen molar-refractivity contribution in [1.29, 1.82) is 0 Å². The first-order valence-corrected chi connectivity index (χ1v) is 10.4. The lowest BCUT2D eigenvalue weighted by molar-refractivity contribution is -0.184. The van der Waals surface area contributed by atoms with Crippen molar-refractivity contribution in [3.05, 3.63) is 23.8 Å². The number of aliphatic hydroxyl groups is 2. The van der Waals surface area contributed by atoms with Crippen molar-refractivity contribution in [2.24, 2.45) is 22.2 Å². The average Bonchev–Trinajstić information content (AvgIpc) is 2.67. The van der Waals surface area contributed by atoms with Crippen LogP contribution in [0.5, 0.6) is 0 Å². The van der Waals surface area contributed by atoms with E-state index < -0.39 is 34.6 Å². The summed E-state index contributed by atoms with van der Waals surface area (Å²) in [5, 5.41) is 22.3. The van der Waals surface area contributed by atoms with Crippen LogP contribution < -0.4 is 0 Å². The van der Waals surface area contributed by atoms with Gasteiger partial charge < -0.3 is 19.7 Å². The Morgan fingerprint density at radius 3 is 2.41 bits per heavy atom. The van der Waals surface area contributed by atoms with Crippen molar-refractivity contribution in [3.8, 4) is 0 Å². The van der Waals surface area contributed by atoms with Gasteiger partial charge in [-0.15, -0.1) is 6.58 Å². The van der Waals surface area contributed by atoms with Gasteiger partial charge in [0.05, 0.1) is 24.7 Å². The third kappa shape index (κ3) is 3.07. The van der Waals surface area contributed by atoms with E-state index in [1.165, 1.54) is 14.0 Å². The predicted molar refractivity (Wildman–Crippen MR) is 108 cm³/mol. The van der Waals surface area contributed by atoms with E-state index in [9.17, 15) is 19.8 Å². The molecule has 0 amide bonds. The molecule has 0 spiro atoms. The summed E-state index contributed by atoms with van der Waals surface area (Å²) in [5.41, 5.74) is -0.451. The van der Waals surface area contributed by atoms with Crippen LogP contribution in [0.2, 0.25) is 0 Å². The zero-order valence-corrected chi connectivity index (χ0v) is 18.2. The molecule has 162 valence electrons. The molecule has 0 radical (unpaired) electrons. The minimum Gasteiger partial charge on any atom is -0.469 e. The molecule has 1 saturated carbocycles. The molecule has 3 aliphatic rings. The Kier molecular flexibility index (Phi) is 5.50. The fraction of sp³-hybridized carbons (Fsp3) is 0.739. The molecule has 0 aromatic carbocycles. The van der Waals surface area contributed by atoms with Gasteiger partial charge in [0.25, 0.3) is 0 Å². The third-order valence-electron chi connectivity index (χ3n) is 8.16. The molecule has 6 heteroatoms. The minimum absolute atomic E-state index is 0.269. The Hall–Kier alpha value is -1.66. The van der Waals surface area contributed by atoms with E-state index in [2.05, 4.69) is 6.58 Å². The minimum atomic E-state index is -0.863. The van der Waals surface area contributed by atoms with Crippen LogP contribution in [0.3, 0.4) is 0 Å². The fourth-order valence-corrected chi connectivity index (χ4v) is 6.28. The second kappa shape index (κ2) is 7.24. The van der Waals surface area contributed by atoms with Gasteiger partial charge in [0.1, 0.15) is 6.10 Å². The number of hydrogen-bond donors (Lipinski definition) is 2. The normalized spacial score (nSPS) is 44.4. The van der Waals surface area contributed by atoms with Gasteiger partial charge in [-0.1, -0.05) is 25.5 Å². The first-order chi connectivity index (χ1) is 13.5. The summed E-state index contributed by atoms with van der Waals surface area (Å²) >= 11 is 0. The quantitative estimate of drug-likeness (QED) is 0.553. The summed E-state index contributed by atoms with van der Waals surface area (Å²) in [6.07, 6.45) is 2.29. The average molecular weight is 407 g/mol. The van der Waals surface area contributed by atoms with Gasteiger partial charge in [-0.25, -0.2) is 0 Å². The van der Waals surface area contributed by atoms with E-state index in [1.807, 2.05) is 20.8 Å². The first-order valence-electron chi connectivity index (χ1n) is 10.4. The summed E-state index contributed by atoms with van der Waals surface area (Å²) < 4.78 is 10.9. The second-order valence-electron chi connectivity index (χ2n) is 9.68. The lowest BCUT2D eigenvalue weighted by atomic mass is 9.45. The fourth-order valence-electron chi connectivity index (χ4n) is 6.28. The number of carbonyl (C=O) groups excluding carboxylic acids is 2. The first kappa shape index (κ1) is 22.0. The lowest BCUT2D eigenvalue weighted by Gasteiger charge is -2.60. The number of carbonyl (C=O) groups is 2. The standard InChI is InChI=1S/C23H34O6/c1-7-21(3)10-8-14-18(19(21)26)15(25)12-16-22(4,20(27)28-6)11-9-17(23(14,16)5)29-13(2)24/h7,15-17,19,25-26H,1,8-12H2,2-6H3/t15-,16?,17+,19-,21+,22-,23-/m1/s1. The van der Waals surface area contributed by atoms with Crippen LogP contribution in [-0.4, -0.2) is 47.6 Å². The summed E-state index contributed by atoms with van der Waals surface area (Å²) in [4.78, 5) is 24.7. The molecule has 29 heavy (non-hydrogen) atoms. The van der Waals surface area contributed by atoms with Crippen LogP contribution in [0.25, 0.3) is 0 Å². The van der Waals surface area contributed by atoms with Crippen molar-refractivity contribution in [3.63, 3.8) is 0 Å². The van der Waals surface area contributed by atoms with E-state index in [-0.39, 0.29) is 17.9 Å². The van der Waals surface area contributed by atoms with Crippen LogP contribution in [0, 0.1) is 22.2 Å². The number of ether oxygens (including phenoxy) is 2. The Morgan fingerprint density at radius 1 is 1.21 bits per heavy atom. The largest absolute Gasteiger partial charge is 0.469 e. The van der Waals surface area contributed by atoms with E-state index in [4.69, 9.17) is 9.47 Å². The van der Waals surface area contributed by atoms with Crippen LogP contribution in [0.4, 0.5) is 0 Å². The molecule has 0 bridgehead atoms. The van der Waals surface area contributed by atoms with E-state index in [0.717, 1.165) is 5.57 Å². The van der Waals surface area contributed by atoms with Gasteiger partial charge >= 0.3 is 11.9 Å². The Bertz CT molecular complexity index is 756. The highest BCUT2D eigenvalue weighted by Gasteiger charge is 2.64. The number of methoxy groups -OCH3 is 1. The van der Waals surface area contributed by atoms with E-state index in [1.54, 1.807) is 6.08 Å². The van der Waals surface area contributed by atoms with Crippen LogP contribution in [0.1, 0.15) is 59.8 Å². The maximum atomic E-state index is 12.8. The molecule has 0 aliphatic heterocycles. The highest BCUT2D eigenvalue weighted by atomic mass is 16.5. The van der Waals surface area contributed by atoms with Gasteiger partial charge in [0, 0.05) is 17.8 Å². The molecule has 0 heterocycles. The zero-order valence-electron chi connectivity index (χ0n) is 18.2. The molecule has 0 aromatic heterocycles. The van der Waals surface area contributed by atoms with Gasteiger partial charge in [0.2, 0.25) is 0 Å². The van der Waals surface area contributed by atoms with Crippen molar-refractivity contribution < 1.29 is 29.3 Å². The molecule has 1 fully saturated rings. The van der Waals surface area contributed by atoms with Crippen LogP contribution in [0.15, 0.2) is 23.8 Å². The molecule has 1 unspecified atom stereocenters. The second-order valence-corrected chi connectivity index (χ2v) is 9.68. The summed E-state index contributed by atoms with van der Waals surface area (Å²) in [6.45, 7) is 11.1. The van der Waals surface area contributed by atoms with Crippen molar-refractivity contribution in [2.45, 2.75) is 78.1 Å². The number of aliphatic hydroxyl groups excluding tert-OH is 2. The molecule has 3 aliphatic carbocycles. The van der Waals surface area contributed by atoms with Gasteiger partial charge in [-0.2, -0.15) is 0 Å². The molecule has 6 nitrogen and oxygen atoms in total. The number of esters is 2.